The van der Waals surface area contributed by atoms with Crippen LogP contribution in [0.15, 0.2) is 41.8 Å². The van der Waals surface area contributed by atoms with Gasteiger partial charge in [0.15, 0.2) is 0 Å². The van der Waals surface area contributed by atoms with Gasteiger partial charge in [-0.1, -0.05) is 35.9 Å². The van der Waals surface area contributed by atoms with Crippen LogP contribution in [0, 0.1) is 0 Å². The minimum Gasteiger partial charge on any atom is -0.303 e. The van der Waals surface area contributed by atoms with E-state index in [2.05, 4.69) is 42.7 Å². The van der Waals surface area contributed by atoms with E-state index in [1.54, 1.807) is 11.3 Å². The molecule has 3 heteroatoms. The number of nitrogens with one attached hydrogen (secondary N) is 1. The Balaban J connectivity index is 2.07. The predicted molar refractivity (Wildman–Crippen MR) is 75.7 cm³/mol. The maximum atomic E-state index is 6.19. The van der Waals surface area contributed by atoms with Crippen molar-refractivity contribution >= 4 is 22.9 Å². The molecule has 90 valence electrons. The number of hydrogen-bond donors (Lipinski definition) is 1. The third kappa shape index (κ3) is 3.09. The van der Waals surface area contributed by atoms with E-state index in [1.807, 2.05) is 18.2 Å². The lowest BCUT2D eigenvalue weighted by atomic mass is 10.1. The third-order valence-electron chi connectivity index (χ3n) is 2.84. The number of rotatable bonds is 4. The molecule has 2 rings (SSSR count). The van der Waals surface area contributed by atoms with Gasteiger partial charge in [0, 0.05) is 22.0 Å². The smallest absolute Gasteiger partial charge is 0.0453 e. The molecule has 1 unspecified atom stereocenters. The van der Waals surface area contributed by atoms with Crippen molar-refractivity contribution in [2.75, 3.05) is 0 Å². The molecule has 0 bridgehead atoms. The van der Waals surface area contributed by atoms with E-state index >= 15 is 0 Å². The Hall–Kier alpha value is -0.830. The molecule has 0 amide bonds. The fourth-order valence-corrected chi connectivity index (χ4v) is 2.95. The van der Waals surface area contributed by atoms with E-state index in [-0.39, 0.29) is 6.04 Å². The minimum absolute atomic E-state index is 0.251. The molecule has 17 heavy (non-hydrogen) atoms. The SMILES string of the molecule is CC(N[C@H](C)c1ccccc1Cl)c1cccs1. The maximum Gasteiger partial charge on any atom is 0.0453 e. The number of hydrogen-bond acceptors (Lipinski definition) is 2. The summed E-state index contributed by atoms with van der Waals surface area (Å²) in [5, 5.41) is 6.50. The highest BCUT2D eigenvalue weighted by atomic mass is 35.5. The van der Waals surface area contributed by atoms with Crippen molar-refractivity contribution < 1.29 is 0 Å². The normalized spacial score (nSPS) is 14.5. The second kappa shape index (κ2) is 5.67. The Kier molecular flexibility index (Phi) is 4.21. The standard InChI is InChI=1S/C14H16ClNS/c1-10(12-6-3-4-7-13(12)15)16-11(2)14-8-5-9-17-14/h3-11,16H,1-2H3/t10-,11?/m1/s1. The van der Waals surface area contributed by atoms with Crippen molar-refractivity contribution in [1.82, 2.24) is 5.32 Å². The zero-order chi connectivity index (χ0) is 12.3. The lowest BCUT2D eigenvalue weighted by molar-refractivity contribution is 0.500. The van der Waals surface area contributed by atoms with Crippen LogP contribution in [0.5, 0.6) is 0 Å². The lowest BCUT2D eigenvalue weighted by Gasteiger charge is -2.20. The summed E-state index contributed by atoms with van der Waals surface area (Å²) in [4.78, 5) is 1.35. The van der Waals surface area contributed by atoms with Crippen LogP contribution in [0.2, 0.25) is 5.02 Å². The third-order valence-corrected chi connectivity index (χ3v) is 4.24. The molecule has 0 spiro atoms. The molecule has 0 aliphatic rings. The average Bonchev–Trinajstić information content (AvgIpc) is 2.82. The van der Waals surface area contributed by atoms with Crippen molar-refractivity contribution in [3.05, 3.63) is 57.2 Å². The van der Waals surface area contributed by atoms with Crippen LogP contribution < -0.4 is 5.32 Å². The Labute approximate surface area is 111 Å². The van der Waals surface area contributed by atoms with Gasteiger partial charge < -0.3 is 5.32 Å². The summed E-state index contributed by atoms with van der Waals surface area (Å²) in [5.74, 6) is 0. The highest BCUT2D eigenvalue weighted by Crippen LogP contribution is 2.26. The highest BCUT2D eigenvalue weighted by molar-refractivity contribution is 7.10. The zero-order valence-electron chi connectivity index (χ0n) is 9.98. The molecule has 0 saturated carbocycles. The molecule has 1 heterocycles. The summed E-state index contributed by atoms with van der Waals surface area (Å²) >= 11 is 7.97. The molecular formula is C14H16ClNS. The number of thiophene rings is 1. The summed E-state index contributed by atoms with van der Waals surface area (Å²) in [6, 6.07) is 12.8. The number of benzene rings is 1. The topological polar surface area (TPSA) is 12.0 Å². The quantitative estimate of drug-likeness (QED) is 0.836. The van der Waals surface area contributed by atoms with Gasteiger partial charge in [-0.25, -0.2) is 0 Å². The highest BCUT2D eigenvalue weighted by Gasteiger charge is 2.13. The van der Waals surface area contributed by atoms with E-state index in [0.717, 1.165) is 10.6 Å². The van der Waals surface area contributed by atoms with E-state index in [1.165, 1.54) is 4.88 Å². The fraction of sp³-hybridized carbons (Fsp3) is 0.286. The number of halogens is 1. The Morgan fingerprint density at radius 3 is 2.47 bits per heavy atom. The van der Waals surface area contributed by atoms with Gasteiger partial charge in [0.05, 0.1) is 0 Å². The molecule has 1 aromatic carbocycles. The van der Waals surface area contributed by atoms with Crippen molar-refractivity contribution in [3.63, 3.8) is 0 Å². The summed E-state index contributed by atoms with van der Waals surface area (Å²) < 4.78 is 0. The lowest BCUT2D eigenvalue weighted by Crippen LogP contribution is -2.22. The Morgan fingerprint density at radius 1 is 1.06 bits per heavy atom. The van der Waals surface area contributed by atoms with E-state index in [0.29, 0.717) is 6.04 Å². The van der Waals surface area contributed by atoms with Crippen molar-refractivity contribution in [1.29, 1.82) is 0 Å². The largest absolute Gasteiger partial charge is 0.303 e. The molecule has 0 radical (unpaired) electrons. The second-order valence-electron chi connectivity index (χ2n) is 4.15. The van der Waals surface area contributed by atoms with Crippen molar-refractivity contribution in [2.24, 2.45) is 0 Å². The Morgan fingerprint density at radius 2 is 1.82 bits per heavy atom. The van der Waals surface area contributed by atoms with Crippen molar-refractivity contribution in [2.45, 2.75) is 25.9 Å². The summed E-state index contributed by atoms with van der Waals surface area (Å²) in [7, 11) is 0. The monoisotopic (exact) mass is 265 g/mol. The summed E-state index contributed by atoms with van der Waals surface area (Å²) in [5.41, 5.74) is 1.15. The van der Waals surface area contributed by atoms with Crippen LogP contribution in [0.25, 0.3) is 0 Å². The molecule has 2 atom stereocenters. The first-order valence-electron chi connectivity index (χ1n) is 5.72. The Bertz CT molecular complexity index is 467. The first-order valence-corrected chi connectivity index (χ1v) is 6.98. The van der Waals surface area contributed by atoms with Gasteiger partial charge in [0.1, 0.15) is 0 Å². The van der Waals surface area contributed by atoms with Crippen LogP contribution in [0.3, 0.4) is 0 Å². The van der Waals surface area contributed by atoms with Crippen LogP contribution >= 0.6 is 22.9 Å². The molecule has 0 aliphatic carbocycles. The van der Waals surface area contributed by atoms with Crippen molar-refractivity contribution in [3.8, 4) is 0 Å². The maximum absolute atomic E-state index is 6.19. The molecule has 0 aliphatic heterocycles. The molecule has 1 nitrogen and oxygen atoms in total. The van der Waals surface area contributed by atoms with Gasteiger partial charge >= 0.3 is 0 Å². The molecule has 0 saturated heterocycles. The van der Waals surface area contributed by atoms with E-state index < -0.39 is 0 Å². The van der Waals surface area contributed by atoms with Crippen LogP contribution in [-0.2, 0) is 0 Å². The zero-order valence-corrected chi connectivity index (χ0v) is 11.6. The molecule has 0 fully saturated rings. The first-order chi connectivity index (χ1) is 8.18. The van der Waals surface area contributed by atoms with Gasteiger partial charge in [0.25, 0.3) is 0 Å². The molecular weight excluding hydrogens is 250 g/mol. The van der Waals surface area contributed by atoms with Gasteiger partial charge in [-0.15, -0.1) is 11.3 Å². The fourth-order valence-electron chi connectivity index (χ4n) is 1.91. The predicted octanol–water partition coefficient (Wildman–Crippen LogP) is 4.81. The van der Waals surface area contributed by atoms with Gasteiger partial charge in [0.2, 0.25) is 0 Å². The van der Waals surface area contributed by atoms with E-state index in [9.17, 15) is 0 Å². The van der Waals surface area contributed by atoms with Crippen LogP contribution in [0.4, 0.5) is 0 Å². The van der Waals surface area contributed by atoms with Gasteiger partial charge in [-0.05, 0) is 36.9 Å². The van der Waals surface area contributed by atoms with Crippen LogP contribution in [0.1, 0.15) is 36.4 Å². The summed E-state index contributed by atoms with van der Waals surface area (Å²) in [6.07, 6.45) is 0. The molecule has 2 aromatic rings. The van der Waals surface area contributed by atoms with Gasteiger partial charge in [-0.3, -0.25) is 0 Å². The average molecular weight is 266 g/mol. The minimum atomic E-state index is 0.251. The van der Waals surface area contributed by atoms with Crippen LogP contribution in [-0.4, -0.2) is 0 Å². The molecule has 1 N–H and O–H groups in total. The molecule has 1 aromatic heterocycles. The van der Waals surface area contributed by atoms with Gasteiger partial charge in [-0.2, -0.15) is 0 Å². The first kappa shape index (κ1) is 12.6. The van der Waals surface area contributed by atoms with E-state index in [4.69, 9.17) is 11.6 Å². The summed E-state index contributed by atoms with van der Waals surface area (Å²) in [6.45, 7) is 4.32. The second-order valence-corrected chi connectivity index (χ2v) is 5.53.